The van der Waals surface area contributed by atoms with E-state index in [-0.39, 0.29) is 23.6 Å². The van der Waals surface area contributed by atoms with E-state index in [0.29, 0.717) is 11.1 Å². The van der Waals surface area contributed by atoms with Gasteiger partial charge in [-0.2, -0.15) is 0 Å². The van der Waals surface area contributed by atoms with Crippen molar-refractivity contribution in [3.8, 4) is 11.5 Å². The number of aromatic hydroxyl groups is 2. The largest absolute Gasteiger partial charge is 0.508 e. The predicted molar refractivity (Wildman–Crippen MR) is 85.1 cm³/mol. The highest BCUT2D eigenvalue weighted by Gasteiger charge is 2.45. The van der Waals surface area contributed by atoms with Crippen LogP contribution < -0.4 is 0 Å². The van der Waals surface area contributed by atoms with Gasteiger partial charge in [0.1, 0.15) is 11.5 Å². The summed E-state index contributed by atoms with van der Waals surface area (Å²) < 4.78 is 4.87. The van der Waals surface area contributed by atoms with E-state index < -0.39 is 17.6 Å². The number of benzene rings is 2. The Morgan fingerprint density at radius 2 is 0.913 bits per heavy atom. The Bertz CT molecular complexity index is 584. The Kier molecular flexibility index (Phi) is 5.21. The van der Waals surface area contributed by atoms with Crippen LogP contribution in [-0.4, -0.2) is 47.0 Å². The Morgan fingerprint density at radius 3 is 1.22 bits per heavy atom. The van der Waals surface area contributed by atoms with Gasteiger partial charge in [-0.1, -0.05) is 24.3 Å². The van der Waals surface area contributed by atoms with E-state index in [0.717, 1.165) is 0 Å². The quantitative estimate of drug-likeness (QED) is 0.397. The van der Waals surface area contributed by atoms with Gasteiger partial charge in [0.2, 0.25) is 0 Å². The molecule has 23 heavy (non-hydrogen) atoms. The summed E-state index contributed by atoms with van der Waals surface area (Å²) in [5, 5.41) is 18.4. The minimum absolute atomic E-state index is 0.0400. The van der Waals surface area contributed by atoms with E-state index >= 15 is 0 Å². The summed E-state index contributed by atoms with van der Waals surface area (Å²) in [6.45, 7) is 0. The van der Waals surface area contributed by atoms with Crippen molar-refractivity contribution in [1.82, 2.24) is 0 Å². The molecule has 0 aromatic heterocycles. The van der Waals surface area contributed by atoms with E-state index in [1.54, 1.807) is 0 Å². The lowest BCUT2D eigenvalue weighted by molar-refractivity contribution is 0.153. The van der Waals surface area contributed by atoms with Gasteiger partial charge in [-0.15, -0.1) is 0 Å². The Labute approximate surface area is 135 Å². The van der Waals surface area contributed by atoms with Gasteiger partial charge in [-0.05, 0) is 35.4 Å². The van der Waals surface area contributed by atoms with Gasteiger partial charge in [0.25, 0.3) is 0 Å². The second-order valence-electron chi connectivity index (χ2n) is 5.27. The number of phenolic OH excluding ortho intramolecular Hbond substituents is 2. The Hall–Kier alpha value is -1.73. The zero-order valence-corrected chi connectivity index (χ0v) is 14.1. The summed E-state index contributed by atoms with van der Waals surface area (Å²) in [5.41, 5.74) is 0.989. The van der Waals surface area contributed by atoms with Crippen LogP contribution in [0.2, 0.25) is 0 Å². The summed E-state index contributed by atoms with van der Waals surface area (Å²) >= 11 is 0. The molecule has 0 fully saturated rings. The highest BCUT2D eigenvalue weighted by atomic mass is 28.5. The molecule has 2 rings (SSSR count). The van der Waals surface area contributed by atoms with Crippen LogP contribution >= 0.6 is 0 Å². The first-order chi connectivity index (χ1) is 10.7. The van der Waals surface area contributed by atoms with Gasteiger partial charge in [-0.3, -0.25) is 0 Å². The minimum atomic E-state index is -4.33. The third kappa shape index (κ3) is 5.76. The molecule has 0 heterocycles. The highest BCUT2D eigenvalue weighted by molar-refractivity contribution is 6.71. The molecule has 0 aliphatic heterocycles. The van der Waals surface area contributed by atoms with E-state index in [1.807, 2.05) is 0 Å². The van der Waals surface area contributed by atoms with Crippen molar-refractivity contribution in [3.05, 3.63) is 59.7 Å². The monoisotopic (exact) mass is 354 g/mol. The van der Waals surface area contributed by atoms with Crippen LogP contribution in [0.25, 0.3) is 0 Å². The number of hydrogen-bond acceptors (Lipinski definition) is 7. The maximum Gasteiger partial charge on any atom is 0.492 e. The molecule has 0 unspecified atom stereocenters. The molecule has 6 N–H and O–H groups in total. The summed E-state index contributed by atoms with van der Waals surface area (Å²) in [5.74, 6) is 0.0800. The molecule has 2 aromatic carbocycles. The summed E-state index contributed by atoms with van der Waals surface area (Å²) in [7, 11) is -8.66. The lowest BCUT2D eigenvalue weighted by atomic mass is 10.2. The van der Waals surface area contributed by atoms with Crippen LogP contribution in [0, 0.1) is 0 Å². The van der Waals surface area contributed by atoms with Crippen LogP contribution in [0.3, 0.4) is 0 Å². The molecule has 2 aromatic rings. The number of phenols is 2. The van der Waals surface area contributed by atoms with Crippen molar-refractivity contribution in [2.45, 2.75) is 12.1 Å². The smallest absolute Gasteiger partial charge is 0.492 e. The normalized spacial score (nSPS) is 12.3. The Balaban J connectivity index is 2.02. The van der Waals surface area contributed by atoms with Crippen molar-refractivity contribution in [2.24, 2.45) is 0 Å². The van der Waals surface area contributed by atoms with Gasteiger partial charge in [0, 0.05) is 12.1 Å². The van der Waals surface area contributed by atoms with Crippen molar-refractivity contribution in [2.75, 3.05) is 0 Å². The van der Waals surface area contributed by atoms with E-state index in [4.69, 9.17) is 4.12 Å². The second-order valence-corrected chi connectivity index (χ2v) is 9.77. The number of rotatable bonds is 6. The first kappa shape index (κ1) is 17.6. The summed E-state index contributed by atoms with van der Waals surface area (Å²) in [4.78, 5) is 39.9. The minimum Gasteiger partial charge on any atom is -0.508 e. The van der Waals surface area contributed by atoms with Crippen LogP contribution in [0.15, 0.2) is 48.5 Å². The molecule has 0 aliphatic carbocycles. The van der Waals surface area contributed by atoms with Crippen LogP contribution in [0.4, 0.5) is 0 Å². The lowest BCUT2D eigenvalue weighted by Crippen LogP contribution is -2.56. The van der Waals surface area contributed by atoms with Crippen LogP contribution in [0.1, 0.15) is 11.1 Å². The van der Waals surface area contributed by atoms with Crippen molar-refractivity contribution < 1.29 is 33.5 Å². The molecule has 0 atom stereocenters. The van der Waals surface area contributed by atoms with Gasteiger partial charge < -0.3 is 33.5 Å². The van der Waals surface area contributed by atoms with Gasteiger partial charge >= 0.3 is 17.6 Å². The number of hydrogen-bond donors (Lipinski definition) is 6. The standard InChI is InChI=1S/C14H18O7Si2/c15-13-5-1-11(2-6-13)9-22(17,18)21-23(19,20)10-12-3-7-14(16)8-4-12/h1-8,15-20H,9-10H2. The molecule has 0 radical (unpaired) electrons. The van der Waals surface area contributed by atoms with Gasteiger partial charge in [0.15, 0.2) is 0 Å². The first-order valence-corrected chi connectivity index (χ1v) is 10.8. The van der Waals surface area contributed by atoms with E-state index in [2.05, 4.69) is 0 Å². The third-order valence-electron chi connectivity index (χ3n) is 3.07. The molecular weight excluding hydrogens is 336 g/mol. The molecule has 0 spiro atoms. The topological polar surface area (TPSA) is 131 Å². The fourth-order valence-corrected chi connectivity index (χ4v) is 6.30. The zero-order chi connectivity index (χ0) is 17.1. The molecule has 0 saturated heterocycles. The molecule has 0 saturated carbocycles. The molecular formula is C14H18O7Si2. The van der Waals surface area contributed by atoms with Crippen molar-refractivity contribution >= 4 is 17.6 Å². The second kappa shape index (κ2) is 6.80. The third-order valence-corrected chi connectivity index (χ3v) is 7.42. The average molecular weight is 354 g/mol. The summed E-state index contributed by atoms with van der Waals surface area (Å²) in [6, 6.07) is 11.0. The lowest BCUT2D eigenvalue weighted by Gasteiger charge is -2.26. The molecule has 124 valence electrons. The molecule has 0 bridgehead atoms. The zero-order valence-electron chi connectivity index (χ0n) is 12.1. The van der Waals surface area contributed by atoms with Crippen LogP contribution in [-0.2, 0) is 16.2 Å². The maximum atomic E-state index is 9.98. The molecule has 7 nitrogen and oxygen atoms in total. The van der Waals surface area contributed by atoms with E-state index in [1.165, 1.54) is 48.5 Å². The Morgan fingerprint density at radius 1 is 0.609 bits per heavy atom. The first-order valence-electron chi connectivity index (χ1n) is 6.81. The highest BCUT2D eigenvalue weighted by Crippen LogP contribution is 2.18. The fraction of sp³-hybridized carbons (Fsp3) is 0.143. The van der Waals surface area contributed by atoms with Crippen molar-refractivity contribution in [3.63, 3.8) is 0 Å². The maximum absolute atomic E-state index is 9.98. The van der Waals surface area contributed by atoms with Gasteiger partial charge in [0.05, 0.1) is 0 Å². The molecule has 0 amide bonds. The SMILES string of the molecule is Oc1ccc(C[Si](O)(O)O[Si](O)(O)Cc2ccc(O)cc2)cc1. The van der Waals surface area contributed by atoms with Gasteiger partial charge in [-0.25, -0.2) is 0 Å². The van der Waals surface area contributed by atoms with E-state index in [9.17, 15) is 29.4 Å². The summed E-state index contributed by atoms with van der Waals surface area (Å²) in [6.07, 6.45) is 0. The molecule has 0 aliphatic rings. The fourth-order valence-electron chi connectivity index (χ4n) is 2.09. The predicted octanol–water partition coefficient (Wildman–Crippen LogP) is -0.175. The van der Waals surface area contributed by atoms with Crippen LogP contribution in [0.5, 0.6) is 11.5 Å². The molecule has 9 heteroatoms. The van der Waals surface area contributed by atoms with Crippen molar-refractivity contribution in [1.29, 1.82) is 0 Å². The average Bonchev–Trinajstić information content (AvgIpc) is 2.42.